The second-order valence-corrected chi connectivity index (χ2v) is 14.3. The summed E-state index contributed by atoms with van der Waals surface area (Å²) in [5.41, 5.74) is 1.11. The molecule has 4 aromatic heterocycles. The molecule has 1 saturated heterocycles. The Kier molecular flexibility index (Phi) is 10.4. The number of likely N-dealkylation sites (N-methyl/N-ethyl adjacent to an activating group) is 1. The first-order valence-electron chi connectivity index (χ1n) is 15.7. The molecule has 5 heterocycles. The van der Waals surface area contributed by atoms with Crippen molar-refractivity contribution < 1.29 is 28.7 Å². The average Bonchev–Trinajstić information content (AvgIpc) is 3.72. The van der Waals surface area contributed by atoms with Crippen LogP contribution in [0.4, 0.5) is 15.7 Å². The van der Waals surface area contributed by atoms with Crippen LogP contribution in [0.15, 0.2) is 28.5 Å². The number of piperidine rings is 1. The Morgan fingerprint density at radius 3 is 2.71 bits per heavy atom. The molecule has 0 unspecified atom stereocenters. The number of rotatable bonds is 11. The van der Waals surface area contributed by atoms with Crippen LogP contribution in [-0.2, 0) is 14.9 Å². The van der Waals surface area contributed by atoms with Crippen LogP contribution in [-0.4, -0.2) is 115 Å². The van der Waals surface area contributed by atoms with Crippen molar-refractivity contribution >= 4 is 58.1 Å². The Balaban J connectivity index is 1.38. The van der Waals surface area contributed by atoms with E-state index in [-0.39, 0.29) is 52.1 Å². The summed E-state index contributed by atoms with van der Waals surface area (Å²) >= 11 is 1.34. The number of nitrogens with zero attached hydrogens (tertiary/aromatic N) is 8. The minimum atomic E-state index is -0.923. The van der Waals surface area contributed by atoms with E-state index < -0.39 is 24.1 Å². The summed E-state index contributed by atoms with van der Waals surface area (Å²) in [5, 5.41) is 30.8. The first-order chi connectivity index (χ1) is 23.2. The first kappa shape index (κ1) is 35.1. The highest BCUT2D eigenvalue weighted by Crippen LogP contribution is 2.27. The highest BCUT2D eigenvalue weighted by atomic mass is 32.1. The SMILES string of the molecule is CC(C)(C)c1csc(NC(=O)c2ccn3c(=O)c(/C=C/c4nn[nH]n4)c(N4CCC[C@@H](OC(=O)NCC[N+](C)(C)CC(=O)O)C4)nc3c2)n1. The first-order valence-corrected chi connectivity index (χ1v) is 16.5. The van der Waals surface area contributed by atoms with Crippen LogP contribution in [0.1, 0.15) is 61.1 Å². The van der Waals surface area contributed by atoms with Gasteiger partial charge in [0.05, 0.1) is 45.0 Å². The molecule has 1 aliphatic rings. The minimum absolute atomic E-state index is 0.0765. The van der Waals surface area contributed by atoms with Gasteiger partial charge in [0.1, 0.15) is 17.6 Å². The topological polar surface area (TPSA) is 210 Å². The van der Waals surface area contributed by atoms with E-state index >= 15 is 0 Å². The normalized spacial score (nSPS) is 15.4. The molecule has 18 heteroatoms. The van der Waals surface area contributed by atoms with Crippen LogP contribution >= 0.6 is 11.3 Å². The molecule has 2 amide bonds. The number of hydrogen-bond donors (Lipinski definition) is 4. The van der Waals surface area contributed by atoms with Crippen molar-refractivity contribution in [3.63, 3.8) is 0 Å². The Bertz CT molecular complexity index is 1910. The molecule has 17 nitrogen and oxygen atoms in total. The number of ether oxygens (including phenoxy) is 1. The van der Waals surface area contributed by atoms with Crippen molar-refractivity contribution in [3.05, 3.63) is 56.7 Å². The molecule has 0 spiro atoms. The average molecular weight is 695 g/mol. The molecular formula is C31H40N11O6S+. The van der Waals surface area contributed by atoms with Crippen molar-refractivity contribution in [2.45, 2.75) is 45.1 Å². The Hall–Kier alpha value is -5.23. The van der Waals surface area contributed by atoms with Crippen molar-refractivity contribution in [3.8, 4) is 0 Å². The van der Waals surface area contributed by atoms with Crippen LogP contribution in [0, 0.1) is 0 Å². The maximum atomic E-state index is 13.9. The highest BCUT2D eigenvalue weighted by Gasteiger charge is 2.28. The van der Waals surface area contributed by atoms with Gasteiger partial charge in [-0.15, -0.1) is 21.5 Å². The fourth-order valence-electron chi connectivity index (χ4n) is 5.24. The van der Waals surface area contributed by atoms with Gasteiger partial charge in [-0.3, -0.25) is 19.3 Å². The van der Waals surface area contributed by atoms with E-state index in [0.29, 0.717) is 42.4 Å². The van der Waals surface area contributed by atoms with Crippen LogP contribution in [0.2, 0.25) is 0 Å². The summed E-state index contributed by atoms with van der Waals surface area (Å²) in [6.07, 6.45) is 4.74. The summed E-state index contributed by atoms with van der Waals surface area (Å²) < 4.78 is 7.26. The number of amides is 2. The van der Waals surface area contributed by atoms with Gasteiger partial charge >= 0.3 is 12.1 Å². The van der Waals surface area contributed by atoms with Gasteiger partial charge in [0.25, 0.3) is 11.5 Å². The number of tetrazole rings is 1. The van der Waals surface area contributed by atoms with Crippen LogP contribution in [0.3, 0.4) is 0 Å². The maximum Gasteiger partial charge on any atom is 0.407 e. The lowest BCUT2D eigenvalue weighted by molar-refractivity contribution is -0.881. The Morgan fingerprint density at radius 1 is 1.22 bits per heavy atom. The molecule has 1 aliphatic heterocycles. The second kappa shape index (κ2) is 14.5. The van der Waals surface area contributed by atoms with E-state index in [1.165, 1.54) is 28.0 Å². The molecule has 4 aromatic rings. The van der Waals surface area contributed by atoms with Gasteiger partial charge in [-0.05, 0) is 42.3 Å². The minimum Gasteiger partial charge on any atom is -0.477 e. The number of pyridine rings is 1. The number of anilines is 2. The molecule has 1 fully saturated rings. The number of carbonyl (C=O) groups is 3. The van der Waals surface area contributed by atoms with Gasteiger partial charge in [-0.2, -0.15) is 5.21 Å². The monoisotopic (exact) mass is 694 g/mol. The lowest BCUT2D eigenvalue weighted by Gasteiger charge is -2.34. The van der Waals surface area contributed by atoms with Crippen molar-refractivity contribution in [2.75, 3.05) is 57.0 Å². The third kappa shape index (κ3) is 9.02. The smallest absolute Gasteiger partial charge is 0.407 e. The number of thiazole rings is 1. The number of H-pyrrole nitrogens is 1. The standard InChI is InChI=1S/C31H39N11O6S/c1-31(2,3)22-18-49-29(33-22)35-27(45)19-10-13-41-24(15-19)34-26(21(28(41)46)8-9-23-36-38-39-37-23)40-12-6-7-20(16-40)48-30(47)32-11-14-42(4,5)17-25(43)44/h8-10,13,15,18,20H,6-7,11-12,14,16-17H2,1-5H3,(H3-,32,33,35,36,37,38,39,43,44,45,47)/p+1/t20-/m1/s1. The van der Waals surface area contributed by atoms with Crippen LogP contribution < -0.4 is 21.1 Å². The molecule has 5 rings (SSSR count). The molecule has 0 aliphatic carbocycles. The lowest BCUT2D eigenvalue weighted by Crippen LogP contribution is -2.49. The zero-order valence-corrected chi connectivity index (χ0v) is 28.8. The number of quaternary nitrogens is 1. The number of carbonyl (C=O) groups excluding carboxylic acids is 2. The molecule has 0 saturated carbocycles. The molecule has 0 bridgehead atoms. The molecular weight excluding hydrogens is 654 g/mol. The van der Waals surface area contributed by atoms with E-state index in [2.05, 4.69) is 36.2 Å². The number of aromatic amines is 1. The number of hydrogen-bond acceptors (Lipinski definition) is 12. The van der Waals surface area contributed by atoms with Crippen LogP contribution in [0.25, 0.3) is 17.8 Å². The second-order valence-electron chi connectivity index (χ2n) is 13.4. The zero-order chi connectivity index (χ0) is 35.3. The number of aliphatic carboxylic acids is 1. The highest BCUT2D eigenvalue weighted by molar-refractivity contribution is 7.14. The third-order valence-electron chi connectivity index (χ3n) is 7.86. The van der Waals surface area contributed by atoms with E-state index in [1.807, 2.05) is 31.1 Å². The number of fused-ring (bicyclic) bond motifs is 1. The Labute approximate surface area is 285 Å². The molecule has 49 heavy (non-hydrogen) atoms. The summed E-state index contributed by atoms with van der Waals surface area (Å²) in [4.78, 5) is 62.1. The molecule has 1 atom stereocenters. The quantitative estimate of drug-likeness (QED) is 0.167. The summed E-state index contributed by atoms with van der Waals surface area (Å²) in [5.74, 6) is -0.704. The number of alkyl carbamates (subject to hydrolysis) is 1. The van der Waals surface area contributed by atoms with E-state index in [1.54, 1.807) is 32.3 Å². The fraction of sp³-hybridized carbons (Fsp3) is 0.452. The molecule has 0 radical (unpaired) electrons. The third-order valence-corrected chi connectivity index (χ3v) is 8.62. The van der Waals surface area contributed by atoms with Gasteiger partial charge in [-0.25, -0.2) is 19.6 Å². The van der Waals surface area contributed by atoms with Gasteiger partial charge < -0.3 is 24.5 Å². The molecule has 0 aromatic carbocycles. The van der Waals surface area contributed by atoms with E-state index in [0.717, 1.165) is 5.69 Å². The van der Waals surface area contributed by atoms with Crippen LogP contribution in [0.5, 0.6) is 0 Å². The fourth-order valence-corrected chi connectivity index (χ4v) is 6.17. The number of nitrogens with one attached hydrogen (secondary N) is 3. The number of carboxylic acid groups (broad SMARTS) is 1. The van der Waals surface area contributed by atoms with Crippen molar-refractivity contribution in [2.24, 2.45) is 0 Å². The van der Waals surface area contributed by atoms with Gasteiger partial charge in [0, 0.05) is 29.1 Å². The van der Waals surface area contributed by atoms with E-state index in [4.69, 9.17) is 14.8 Å². The number of aromatic nitrogens is 7. The maximum absolute atomic E-state index is 13.9. The van der Waals surface area contributed by atoms with Gasteiger partial charge in [0.2, 0.25) is 0 Å². The largest absolute Gasteiger partial charge is 0.477 e. The van der Waals surface area contributed by atoms with Crippen molar-refractivity contribution in [1.82, 2.24) is 40.3 Å². The summed E-state index contributed by atoms with van der Waals surface area (Å²) in [6, 6.07) is 3.09. The van der Waals surface area contributed by atoms with Crippen molar-refractivity contribution in [1.29, 1.82) is 0 Å². The van der Waals surface area contributed by atoms with E-state index in [9.17, 15) is 19.2 Å². The lowest BCUT2D eigenvalue weighted by atomic mass is 9.93. The van der Waals surface area contributed by atoms with Gasteiger partial charge in [-0.1, -0.05) is 20.8 Å². The summed E-state index contributed by atoms with van der Waals surface area (Å²) in [7, 11) is 3.53. The predicted molar refractivity (Wildman–Crippen MR) is 183 cm³/mol. The van der Waals surface area contributed by atoms with Gasteiger partial charge in [0.15, 0.2) is 17.5 Å². The Morgan fingerprint density at radius 2 is 2.02 bits per heavy atom. The number of carboxylic acids is 1. The predicted octanol–water partition coefficient (Wildman–Crippen LogP) is 2.24. The zero-order valence-electron chi connectivity index (χ0n) is 28.0. The summed E-state index contributed by atoms with van der Waals surface area (Å²) in [6.45, 7) is 7.50. The molecule has 4 N–H and O–H groups in total. The molecule has 260 valence electrons.